The second-order valence-electron chi connectivity index (χ2n) is 3.92. The summed E-state index contributed by atoms with van der Waals surface area (Å²) < 4.78 is 37.2. The lowest BCUT2D eigenvalue weighted by molar-refractivity contribution is -0.140. The first kappa shape index (κ1) is 11.5. The Labute approximate surface area is 104 Å². The molecule has 5 nitrogen and oxygen atoms in total. The Balaban J connectivity index is 1.67. The molecule has 0 unspecified atom stereocenters. The van der Waals surface area contributed by atoms with Crippen molar-refractivity contribution in [1.82, 2.24) is 20.0 Å². The zero-order valence-electron chi connectivity index (χ0n) is 9.00. The zero-order chi connectivity index (χ0) is 12.8. The normalized spacial score (nSPS) is 16.9. The van der Waals surface area contributed by atoms with Gasteiger partial charge in [0, 0.05) is 18.5 Å². The summed E-state index contributed by atoms with van der Waals surface area (Å²) in [5.74, 6) is 0. The number of anilines is 1. The van der Waals surface area contributed by atoms with Gasteiger partial charge < -0.3 is 4.90 Å². The molecule has 0 saturated carbocycles. The number of thiazole rings is 1. The molecule has 0 aromatic carbocycles. The average Bonchev–Trinajstić information content (AvgIpc) is 2.83. The van der Waals surface area contributed by atoms with E-state index in [1.165, 1.54) is 0 Å². The van der Waals surface area contributed by atoms with Crippen LogP contribution in [0.1, 0.15) is 11.7 Å². The summed E-state index contributed by atoms with van der Waals surface area (Å²) in [5.41, 5.74) is -0.830. The molecule has 2 aromatic rings. The van der Waals surface area contributed by atoms with E-state index in [0.717, 1.165) is 16.7 Å². The minimum absolute atomic E-state index is 0.109. The highest BCUT2D eigenvalue weighted by molar-refractivity contribution is 7.13. The number of halogens is 3. The molecule has 9 heteroatoms. The maximum atomic E-state index is 12.4. The Morgan fingerprint density at radius 2 is 1.89 bits per heavy atom. The fraction of sp³-hybridized carbons (Fsp3) is 0.444. The summed E-state index contributed by atoms with van der Waals surface area (Å²) in [5, 5.41) is 9.42. The highest BCUT2D eigenvalue weighted by Gasteiger charge is 2.36. The quantitative estimate of drug-likeness (QED) is 0.838. The molecule has 3 heterocycles. The van der Waals surface area contributed by atoms with Crippen molar-refractivity contribution in [2.45, 2.75) is 12.2 Å². The summed E-state index contributed by atoms with van der Waals surface area (Å²) in [4.78, 5) is 6.94. The van der Waals surface area contributed by atoms with E-state index >= 15 is 0 Å². The summed E-state index contributed by atoms with van der Waals surface area (Å²) in [6, 6.07) is 0.109. The number of hydrogen-bond acceptors (Lipinski definition) is 5. The molecule has 0 radical (unpaired) electrons. The van der Waals surface area contributed by atoms with Crippen LogP contribution < -0.4 is 4.90 Å². The monoisotopic (exact) mass is 275 g/mol. The van der Waals surface area contributed by atoms with Crippen LogP contribution in [0.25, 0.3) is 0 Å². The zero-order valence-corrected chi connectivity index (χ0v) is 9.82. The van der Waals surface area contributed by atoms with Crippen molar-refractivity contribution < 1.29 is 13.2 Å². The van der Waals surface area contributed by atoms with Gasteiger partial charge in [-0.25, -0.2) is 4.98 Å². The van der Waals surface area contributed by atoms with Crippen LogP contribution in [-0.2, 0) is 6.18 Å². The number of alkyl halides is 3. The van der Waals surface area contributed by atoms with E-state index < -0.39 is 11.9 Å². The first-order valence-electron chi connectivity index (χ1n) is 5.17. The Morgan fingerprint density at radius 3 is 2.44 bits per heavy atom. The van der Waals surface area contributed by atoms with Gasteiger partial charge in [-0.3, -0.25) is 0 Å². The molecule has 1 fully saturated rings. The molecule has 0 N–H and O–H groups in total. The highest BCUT2D eigenvalue weighted by Crippen LogP contribution is 2.35. The highest BCUT2D eigenvalue weighted by atomic mass is 32.1. The lowest BCUT2D eigenvalue weighted by atomic mass is 10.1. The van der Waals surface area contributed by atoms with Crippen molar-refractivity contribution in [1.29, 1.82) is 0 Å². The van der Waals surface area contributed by atoms with Crippen LogP contribution in [0.3, 0.4) is 0 Å². The van der Waals surface area contributed by atoms with E-state index in [2.05, 4.69) is 15.2 Å². The van der Waals surface area contributed by atoms with Crippen molar-refractivity contribution in [3.05, 3.63) is 23.5 Å². The maximum Gasteiger partial charge on any atom is 0.434 e. The molecule has 1 saturated heterocycles. The SMILES string of the molecule is FC(F)(F)c1csc(N2CC(n3nccn3)C2)n1. The Kier molecular flexibility index (Phi) is 2.51. The summed E-state index contributed by atoms with van der Waals surface area (Å²) in [6.45, 7) is 1.17. The van der Waals surface area contributed by atoms with Gasteiger partial charge in [0.25, 0.3) is 0 Å². The maximum absolute atomic E-state index is 12.4. The first-order chi connectivity index (χ1) is 8.54. The standard InChI is InChI=1S/C9H8F3N5S/c10-9(11,12)7-5-18-8(15-7)16-3-6(4-16)17-13-1-2-14-17/h1-2,5-6H,3-4H2. The van der Waals surface area contributed by atoms with Crippen LogP contribution in [0.15, 0.2) is 17.8 Å². The van der Waals surface area contributed by atoms with Gasteiger partial charge in [-0.15, -0.1) is 11.3 Å². The Morgan fingerprint density at radius 1 is 1.22 bits per heavy atom. The Bertz CT molecular complexity index is 529. The summed E-state index contributed by atoms with van der Waals surface area (Å²) >= 11 is 1.00. The number of rotatable bonds is 2. The van der Waals surface area contributed by atoms with Crippen LogP contribution in [0.2, 0.25) is 0 Å². The van der Waals surface area contributed by atoms with Crippen molar-refractivity contribution >= 4 is 16.5 Å². The smallest absolute Gasteiger partial charge is 0.344 e. The van der Waals surface area contributed by atoms with Gasteiger partial charge >= 0.3 is 6.18 Å². The van der Waals surface area contributed by atoms with Crippen LogP contribution in [0.5, 0.6) is 0 Å². The average molecular weight is 275 g/mol. The second kappa shape index (κ2) is 3.94. The van der Waals surface area contributed by atoms with Crippen LogP contribution >= 0.6 is 11.3 Å². The molecule has 2 aromatic heterocycles. The summed E-state index contributed by atoms with van der Waals surface area (Å²) in [7, 11) is 0. The van der Waals surface area contributed by atoms with Crippen molar-refractivity contribution in [2.75, 3.05) is 18.0 Å². The largest absolute Gasteiger partial charge is 0.434 e. The van der Waals surface area contributed by atoms with Gasteiger partial charge in [0.05, 0.1) is 12.4 Å². The van der Waals surface area contributed by atoms with E-state index in [1.54, 1.807) is 22.1 Å². The number of aromatic nitrogens is 4. The van der Waals surface area contributed by atoms with Gasteiger partial charge in [0.1, 0.15) is 6.04 Å². The van der Waals surface area contributed by atoms with Crippen molar-refractivity contribution in [3.63, 3.8) is 0 Å². The van der Waals surface area contributed by atoms with Gasteiger partial charge in [0.15, 0.2) is 10.8 Å². The molecule has 18 heavy (non-hydrogen) atoms. The second-order valence-corrected chi connectivity index (χ2v) is 4.76. The number of hydrogen-bond donors (Lipinski definition) is 0. The minimum Gasteiger partial charge on any atom is -0.344 e. The van der Waals surface area contributed by atoms with E-state index in [9.17, 15) is 13.2 Å². The van der Waals surface area contributed by atoms with E-state index in [-0.39, 0.29) is 6.04 Å². The molecule has 0 aliphatic carbocycles. The molecule has 96 valence electrons. The number of nitrogens with zero attached hydrogens (tertiary/aromatic N) is 5. The Hall–Kier alpha value is -1.64. The molecule has 0 atom stereocenters. The predicted octanol–water partition coefficient (Wildman–Crippen LogP) is 1.81. The third kappa shape index (κ3) is 1.94. The third-order valence-electron chi connectivity index (χ3n) is 2.68. The molecule has 3 rings (SSSR count). The lowest BCUT2D eigenvalue weighted by Crippen LogP contribution is -2.48. The summed E-state index contributed by atoms with van der Waals surface area (Å²) in [6.07, 6.45) is -1.22. The molecule has 1 aliphatic rings. The fourth-order valence-electron chi connectivity index (χ4n) is 1.71. The minimum atomic E-state index is -4.37. The van der Waals surface area contributed by atoms with Crippen molar-refractivity contribution in [3.8, 4) is 0 Å². The molecular formula is C9H8F3N5S. The van der Waals surface area contributed by atoms with Gasteiger partial charge in [-0.2, -0.15) is 28.2 Å². The lowest BCUT2D eigenvalue weighted by Gasteiger charge is -2.38. The van der Waals surface area contributed by atoms with E-state index in [4.69, 9.17) is 0 Å². The van der Waals surface area contributed by atoms with E-state index in [1.807, 2.05) is 0 Å². The van der Waals surface area contributed by atoms with Crippen molar-refractivity contribution in [2.24, 2.45) is 0 Å². The molecule has 0 amide bonds. The van der Waals surface area contributed by atoms with Gasteiger partial charge in [-0.05, 0) is 0 Å². The molecule has 0 bridgehead atoms. The van der Waals surface area contributed by atoms with E-state index in [0.29, 0.717) is 18.2 Å². The third-order valence-corrected chi connectivity index (χ3v) is 3.58. The van der Waals surface area contributed by atoms with Gasteiger partial charge in [-0.1, -0.05) is 0 Å². The fourth-order valence-corrected chi connectivity index (χ4v) is 2.56. The van der Waals surface area contributed by atoms with Crippen LogP contribution in [-0.4, -0.2) is 33.1 Å². The molecule has 1 aliphatic heterocycles. The molecule has 0 spiro atoms. The first-order valence-corrected chi connectivity index (χ1v) is 6.05. The molecular weight excluding hydrogens is 267 g/mol. The van der Waals surface area contributed by atoms with Crippen LogP contribution in [0.4, 0.5) is 18.3 Å². The topological polar surface area (TPSA) is 46.8 Å². The van der Waals surface area contributed by atoms with Gasteiger partial charge in [0.2, 0.25) is 0 Å². The predicted molar refractivity (Wildman–Crippen MR) is 58.4 cm³/mol. The van der Waals surface area contributed by atoms with Crippen LogP contribution in [0, 0.1) is 0 Å².